The van der Waals surface area contributed by atoms with Crippen molar-refractivity contribution in [3.8, 4) is 0 Å². The maximum Gasteiger partial charge on any atom is 0.0149 e. The van der Waals surface area contributed by atoms with E-state index in [0.29, 0.717) is 5.41 Å². The number of hydrogen-bond donors (Lipinski definition) is 1. The summed E-state index contributed by atoms with van der Waals surface area (Å²) in [6.45, 7) is 8.39. The zero-order valence-electron chi connectivity index (χ0n) is 12.1. The predicted octanol–water partition coefficient (Wildman–Crippen LogP) is 4.37. The minimum absolute atomic E-state index is 0.648. The third-order valence-electron chi connectivity index (χ3n) is 5.28. The van der Waals surface area contributed by atoms with Crippen LogP contribution in [-0.4, -0.2) is 12.6 Å². The van der Waals surface area contributed by atoms with Crippen molar-refractivity contribution in [2.45, 2.75) is 78.2 Å². The van der Waals surface area contributed by atoms with E-state index in [4.69, 9.17) is 0 Å². The molecule has 0 amide bonds. The maximum atomic E-state index is 3.89. The molecule has 1 heteroatoms. The van der Waals surface area contributed by atoms with Gasteiger partial charge in [0, 0.05) is 6.04 Å². The normalized spacial score (nSPS) is 33.4. The van der Waals surface area contributed by atoms with Gasteiger partial charge < -0.3 is 5.32 Å². The van der Waals surface area contributed by atoms with Crippen molar-refractivity contribution in [1.29, 1.82) is 0 Å². The number of rotatable bonds is 6. The van der Waals surface area contributed by atoms with Crippen molar-refractivity contribution >= 4 is 0 Å². The van der Waals surface area contributed by atoms with Gasteiger partial charge in [0.05, 0.1) is 0 Å². The third-order valence-corrected chi connectivity index (χ3v) is 5.28. The van der Waals surface area contributed by atoms with E-state index < -0.39 is 0 Å². The largest absolute Gasteiger partial charge is 0.313 e. The van der Waals surface area contributed by atoms with Crippen LogP contribution in [-0.2, 0) is 0 Å². The summed E-state index contributed by atoms with van der Waals surface area (Å²) in [5.41, 5.74) is 0.648. The Morgan fingerprint density at radius 3 is 2.59 bits per heavy atom. The Bertz CT molecular complexity index is 232. The van der Waals surface area contributed by atoms with E-state index in [9.17, 15) is 0 Å². The maximum absolute atomic E-state index is 3.89. The van der Waals surface area contributed by atoms with Crippen LogP contribution in [0.15, 0.2) is 0 Å². The van der Waals surface area contributed by atoms with Gasteiger partial charge in [-0.05, 0) is 55.9 Å². The van der Waals surface area contributed by atoms with Crippen LogP contribution in [0.25, 0.3) is 0 Å². The van der Waals surface area contributed by atoms with Gasteiger partial charge in [0.1, 0.15) is 0 Å². The molecule has 3 atom stereocenters. The van der Waals surface area contributed by atoms with Gasteiger partial charge >= 0.3 is 0 Å². The molecule has 2 aliphatic carbocycles. The van der Waals surface area contributed by atoms with Crippen LogP contribution >= 0.6 is 0 Å². The molecule has 2 fully saturated rings. The lowest BCUT2D eigenvalue weighted by Crippen LogP contribution is -2.44. The summed E-state index contributed by atoms with van der Waals surface area (Å²) in [6.07, 6.45) is 11.5. The summed E-state index contributed by atoms with van der Waals surface area (Å²) in [6, 6.07) is 0.816. The average Bonchev–Trinajstić information content (AvgIpc) is 3.09. The van der Waals surface area contributed by atoms with E-state index in [-0.39, 0.29) is 0 Å². The molecule has 0 spiro atoms. The Kier molecular flexibility index (Phi) is 4.52. The van der Waals surface area contributed by atoms with Crippen molar-refractivity contribution in [3.05, 3.63) is 0 Å². The van der Waals surface area contributed by atoms with Gasteiger partial charge in [-0.15, -0.1) is 0 Å². The Morgan fingerprint density at radius 2 is 2.00 bits per heavy atom. The SMILES string of the molecule is CCCNC(C1CCCC(CC)C1)C1(C)CC1. The first-order chi connectivity index (χ1) is 8.19. The van der Waals surface area contributed by atoms with Crippen LogP contribution < -0.4 is 5.32 Å². The highest BCUT2D eigenvalue weighted by atomic mass is 15.0. The van der Waals surface area contributed by atoms with E-state index in [1.807, 2.05) is 0 Å². The summed E-state index contributed by atoms with van der Waals surface area (Å²) in [4.78, 5) is 0. The molecule has 0 aromatic carbocycles. The van der Waals surface area contributed by atoms with E-state index in [1.54, 1.807) is 0 Å². The molecular weight excluding hydrogens is 206 g/mol. The topological polar surface area (TPSA) is 12.0 Å². The lowest BCUT2D eigenvalue weighted by Gasteiger charge is -2.38. The fourth-order valence-corrected chi connectivity index (χ4v) is 3.80. The fourth-order valence-electron chi connectivity index (χ4n) is 3.80. The second kappa shape index (κ2) is 5.73. The van der Waals surface area contributed by atoms with Gasteiger partial charge in [0.2, 0.25) is 0 Å². The lowest BCUT2D eigenvalue weighted by molar-refractivity contribution is 0.164. The number of hydrogen-bond acceptors (Lipinski definition) is 1. The average molecular weight is 237 g/mol. The van der Waals surface area contributed by atoms with Crippen molar-refractivity contribution in [1.82, 2.24) is 5.32 Å². The Hall–Kier alpha value is -0.0400. The molecule has 0 saturated heterocycles. The molecule has 2 rings (SSSR count). The van der Waals surface area contributed by atoms with Crippen LogP contribution in [0.4, 0.5) is 0 Å². The molecule has 3 unspecified atom stereocenters. The van der Waals surface area contributed by atoms with Crippen molar-refractivity contribution in [3.63, 3.8) is 0 Å². The standard InChI is InChI=1S/C16H31N/c1-4-11-17-15(16(3)9-10-16)14-8-6-7-13(5-2)12-14/h13-15,17H,4-12H2,1-3H3. The van der Waals surface area contributed by atoms with Crippen molar-refractivity contribution < 1.29 is 0 Å². The minimum Gasteiger partial charge on any atom is -0.313 e. The van der Waals surface area contributed by atoms with Crippen LogP contribution in [0.3, 0.4) is 0 Å². The monoisotopic (exact) mass is 237 g/mol. The van der Waals surface area contributed by atoms with Gasteiger partial charge in [-0.2, -0.15) is 0 Å². The van der Waals surface area contributed by atoms with Crippen LogP contribution in [0.1, 0.15) is 72.1 Å². The van der Waals surface area contributed by atoms with E-state index in [0.717, 1.165) is 17.9 Å². The van der Waals surface area contributed by atoms with E-state index >= 15 is 0 Å². The van der Waals surface area contributed by atoms with Gasteiger partial charge in [0.15, 0.2) is 0 Å². The molecule has 0 bridgehead atoms. The summed E-state index contributed by atoms with van der Waals surface area (Å²) in [5.74, 6) is 1.98. The first kappa shape index (κ1) is 13.4. The first-order valence-electron chi connectivity index (χ1n) is 7.93. The van der Waals surface area contributed by atoms with Crippen LogP contribution in [0, 0.1) is 17.3 Å². The molecule has 100 valence electrons. The zero-order chi connectivity index (χ0) is 12.3. The van der Waals surface area contributed by atoms with Crippen LogP contribution in [0.5, 0.6) is 0 Å². The predicted molar refractivity (Wildman–Crippen MR) is 75.2 cm³/mol. The lowest BCUT2D eigenvalue weighted by atomic mass is 9.73. The highest BCUT2D eigenvalue weighted by Crippen LogP contribution is 2.52. The minimum atomic E-state index is 0.648. The summed E-state index contributed by atoms with van der Waals surface area (Å²) in [7, 11) is 0. The zero-order valence-corrected chi connectivity index (χ0v) is 12.1. The van der Waals surface area contributed by atoms with Crippen LogP contribution in [0.2, 0.25) is 0 Å². The van der Waals surface area contributed by atoms with Crippen molar-refractivity contribution in [2.75, 3.05) is 6.54 Å². The second-order valence-electron chi connectivity index (χ2n) is 6.79. The highest BCUT2D eigenvalue weighted by Gasteiger charge is 2.48. The molecular formula is C16H31N. The third kappa shape index (κ3) is 3.24. The molecule has 0 radical (unpaired) electrons. The van der Waals surface area contributed by atoms with Gasteiger partial charge in [-0.3, -0.25) is 0 Å². The fraction of sp³-hybridized carbons (Fsp3) is 1.00. The Balaban J connectivity index is 1.94. The van der Waals surface area contributed by atoms with Gasteiger partial charge in [0.25, 0.3) is 0 Å². The quantitative estimate of drug-likeness (QED) is 0.723. The molecule has 1 nitrogen and oxygen atoms in total. The summed E-state index contributed by atoms with van der Waals surface area (Å²) < 4.78 is 0. The number of nitrogens with one attached hydrogen (secondary N) is 1. The van der Waals surface area contributed by atoms with E-state index in [1.165, 1.54) is 57.9 Å². The molecule has 2 aliphatic rings. The molecule has 17 heavy (non-hydrogen) atoms. The molecule has 0 aliphatic heterocycles. The molecule has 0 aromatic heterocycles. The highest BCUT2D eigenvalue weighted by molar-refractivity contribution is 5.02. The van der Waals surface area contributed by atoms with Gasteiger partial charge in [-0.1, -0.05) is 40.0 Å². The first-order valence-corrected chi connectivity index (χ1v) is 7.93. The Morgan fingerprint density at radius 1 is 1.24 bits per heavy atom. The van der Waals surface area contributed by atoms with E-state index in [2.05, 4.69) is 26.1 Å². The molecule has 0 heterocycles. The second-order valence-corrected chi connectivity index (χ2v) is 6.79. The summed E-state index contributed by atoms with van der Waals surface area (Å²) >= 11 is 0. The van der Waals surface area contributed by atoms with Gasteiger partial charge in [-0.25, -0.2) is 0 Å². The molecule has 0 aromatic rings. The summed E-state index contributed by atoms with van der Waals surface area (Å²) in [5, 5.41) is 3.89. The van der Waals surface area contributed by atoms with Crippen molar-refractivity contribution in [2.24, 2.45) is 17.3 Å². The Labute approximate surface area is 108 Å². The smallest absolute Gasteiger partial charge is 0.0149 e. The molecule has 2 saturated carbocycles. The molecule has 1 N–H and O–H groups in total.